The first-order chi connectivity index (χ1) is 14.2. The first kappa shape index (κ1) is 23.6. The van der Waals surface area contributed by atoms with E-state index in [1.54, 1.807) is 0 Å². The van der Waals surface area contributed by atoms with Gasteiger partial charge in [0.25, 0.3) is 0 Å². The normalized spacial score (nSPS) is 11.4. The molecule has 0 unspecified atom stereocenters. The molecule has 0 aliphatic heterocycles. The molecule has 0 heterocycles. The summed E-state index contributed by atoms with van der Waals surface area (Å²) in [4.78, 5) is 12.3. The second-order valence-corrected chi connectivity index (χ2v) is 8.93. The van der Waals surface area contributed by atoms with Crippen LogP contribution in [0.3, 0.4) is 0 Å². The Bertz CT molecular complexity index is 916. The average Bonchev–Trinajstić information content (AvgIpc) is 2.71. The van der Waals surface area contributed by atoms with Gasteiger partial charge in [-0.25, -0.2) is 8.70 Å². The molecule has 2 rings (SSSR count). The van der Waals surface area contributed by atoms with Gasteiger partial charge in [0.15, 0.2) is 0 Å². The molecule has 7 nitrogen and oxygen atoms in total. The number of hydrogen-bond donors (Lipinski definition) is 1. The van der Waals surface area contributed by atoms with Gasteiger partial charge in [-0.2, -0.15) is 12.7 Å². The Labute approximate surface area is 177 Å². The molecule has 2 aromatic rings. The van der Waals surface area contributed by atoms with Crippen LogP contribution in [-0.4, -0.2) is 52.4 Å². The molecule has 0 aromatic heterocycles. The van der Waals surface area contributed by atoms with Gasteiger partial charge in [-0.3, -0.25) is 4.79 Å². The maximum atomic E-state index is 13.2. The van der Waals surface area contributed by atoms with Gasteiger partial charge < -0.3 is 10.1 Å². The molecule has 0 bridgehead atoms. The highest BCUT2D eigenvalue weighted by atomic mass is 32.2. The van der Waals surface area contributed by atoms with Gasteiger partial charge in [-0.15, -0.1) is 0 Å². The van der Waals surface area contributed by atoms with Crippen molar-refractivity contribution in [1.82, 2.24) is 9.62 Å². The number of anilines is 1. The summed E-state index contributed by atoms with van der Waals surface area (Å²) in [5.74, 6) is -0.288. The monoisotopic (exact) mass is 437 g/mol. The Morgan fingerprint density at radius 1 is 1.07 bits per heavy atom. The van der Waals surface area contributed by atoms with Crippen LogP contribution in [0.15, 0.2) is 48.5 Å². The summed E-state index contributed by atoms with van der Waals surface area (Å²) in [6, 6.07) is 12.7. The summed E-state index contributed by atoms with van der Waals surface area (Å²) in [5, 5.41) is 2.64. The van der Waals surface area contributed by atoms with Gasteiger partial charge in [-0.05, 0) is 48.4 Å². The molecule has 0 radical (unpaired) electrons. The van der Waals surface area contributed by atoms with E-state index in [2.05, 4.69) is 12.2 Å². The van der Waals surface area contributed by atoms with Crippen LogP contribution in [0, 0.1) is 5.82 Å². The molecule has 0 aliphatic rings. The van der Waals surface area contributed by atoms with Crippen molar-refractivity contribution < 1.29 is 22.3 Å². The van der Waals surface area contributed by atoms with Gasteiger partial charge in [0.2, 0.25) is 5.91 Å². The molecule has 0 saturated heterocycles. The van der Waals surface area contributed by atoms with Crippen LogP contribution in [0.4, 0.5) is 10.1 Å². The predicted octanol–water partition coefficient (Wildman–Crippen LogP) is 2.59. The number of halogens is 1. The van der Waals surface area contributed by atoms with Crippen LogP contribution < -0.4 is 14.4 Å². The largest absolute Gasteiger partial charge is 0.492 e. The van der Waals surface area contributed by atoms with E-state index >= 15 is 0 Å². The van der Waals surface area contributed by atoms with Gasteiger partial charge >= 0.3 is 10.2 Å². The molecule has 0 saturated carbocycles. The molecular formula is C21H28FN3O4S. The molecule has 1 amide bonds. The van der Waals surface area contributed by atoms with E-state index < -0.39 is 28.5 Å². The lowest BCUT2D eigenvalue weighted by Gasteiger charge is -2.26. The minimum absolute atomic E-state index is 0.198. The molecule has 30 heavy (non-hydrogen) atoms. The van der Waals surface area contributed by atoms with E-state index in [-0.39, 0.29) is 18.8 Å². The maximum absolute atomic E-state index is 13.2. The molecule has 0 aliphatic carbocycles. The van der Waals surface area contributed by atoms with Crippen molar-refractivity contribution in [3.05, 3.63) is 59.9 Å². The zero-order valence-corrected chi connectivity index (χ0v) is 18.3. The van der Waals surface area contributed by atoms with Crippen molar-refractivity contribution in [2.24, 2.45) is 0 Å². The first-order valence-corrected chi connectivity index (χ1v) is 11.1. The zero-order chi connectivity index (χ0) is 22.1. The number of carbonyl (C=O) groups is 1. The second-order valence-electron chi connectivity index (χ2n) is 6.87. The van der Waals surface area contributed by atoms with Crippen LogP contribution >= 0.6 is 0 Å². The number of benzene rings is 2. The third-order valence-electron chi connectivity index (χ3n) is 4.30. The van der Waals surface area contributed by atoms with Crippen LogP contribution in [-0.2, 0) is 21.4 Å². The number of hydrogen-bond acceptors (Lipinski definition) is 4. The number of aryl methyl sites for hydroxylation is 1. The molecule has 0 fully saturated rings. The molecule has 9 heteroatoms. The third-order valence-corrected chi connectivity index (χ3v) is 6.12. The highest BCUT2D eigenvalue weighted by molar-refractivity contribution is 7.90. The highest BCUT2D eigenvalue weighted by Crippen LogP contribution is 2.19. The Balaban J connectivity index is 1.91. The van der Waals surface area contributed by atoms with Gasteiger partial charge in [0.1, 0.15) is 24.7 Å². The minimum atomic E-state index is -3.93. The van der Waals surface area contributed by atoms with Crippen molar-refractivity contribution in [2.45, 2.75) is 19.8 Å². The Morgan fingerprint density at radius 3 is 2.27 bits per heavy atom. The first-order valence-electron chi connectivity index (χ1n) is 9.68. The third kappa shape index (κ3) is 6.70. The van der Waals surface area contributed by atoms with Crippen molar-refractivity contribution in [1.29, 1.82) is 0 Å². The van der Waals surface area contributed by atoms with Gasteiger partial charge in [-0.1, -0.05) is 25.5 Å². The van der Waals surface area contributed by atoms with Gasteiger partial charge in [0.05, 0.1) is 12.2 Å². The van der Waals surface area contributed by atoms with E-state index in [0.29, 0.717) is 5.75 Å². The Morgan fingerprint density at radius 2 is 1.70 bits per heavy atom. The molecule has 2 aromatic carbocycles. The van der Waals surface area contributed by atoms with Crippen molar-refractivity contribution in [3.63, 3.8) is 0 Å². The lowest BCUT2D eigenvalue weighted by atomic mass is 10.1. The lowest BCUT2D eigenvalue weighted by molar-refractivity contribution is -0.119. The summed E-state index contributed by atoms with van der Waals surface area (Å²) in [5.41, 5.74) is 1.44. The molecule has 0 spiro atoms. The number of nitrogens with zero attached hydrogens (tertiary/aromatic N) is 2. The molecule has 164 valence electrons. The maximum Gasteiger partial charge on any atom is 0.304 e. The average molecular weight is 438 g/mol. The number of amides is 1. The fraction of sp³-hybridized carbons (Fsp3) is 0.381. The zero-order valence-electron chi connectivity index (χ0n) is 17.5. The van der Waals surface area contributed by atoms with E-state index in [0.717, 1.165) is 33.6 Å². The van der Waals surface area contributed by atoms with Crippen molar-refractivity contribution in [2.75, 3.05) is 38.1 Å². The minimum Gasteiger partial charge on any atom is -0.492 e. The Kier molecular flexibility index (Phi) is 8.61. The molecule has 1 N–H and O–H groups in total. The van der Waals surface area contributed by atoms with Gasteiger partial charge in [0, 0.05) is 14.1 Å². The molecular weight excluding hydrogens is 409 g/mol. The topological polar surface area (TPSA) is 79.0 Å². The summed E-state index contributed by atoms with van der Waals surface area (Å²) in [6.45, 7) is 2.15. The van der Waals surface area contributed by atoms with Crippen LogP contribution in [0.2, 0.25) is 0 Å². The quantitative estimate of drug-likeness (QED) is 0.548. The van der Waals surface area contributed by atoms with E-state index in [9.17, 15) is 17.6 Å². The SMILES string of the molecule is CCCc1ccc(OCCNC(=O)CN(c2ccc(F)cc2)S(=O)(=O)N(C)C)cc1. The summed E-state index contributed by atoms with van der Waals surface area (Å²) in [7, 11) is -1.20. The Hall–Kier alpha value is -2.65. The standard InChI is InChI=1S/C21H28FN3O4S/c1-4-5-17-6-12-20(13-7-17)29-15-14-23-21(26)16-25(30(27,28)24(2)3)19-10-8-18(22)9-11-19/h6-13H,4-5,14-16H2,1-3H3,(H,23,26). The second kappa shape index (κ2) is 10.9. The summed E-state index contributed by atoms with van der Waals surface area (Å²) in [6.07, 6.45) is 2.08. The lowest BCUT2D eigenvalue weighted by Crippen LogP contribution is -2.46. The van der Waals surface area contributed by atoms with Crippen molar-refractivity contribution >= 4 is 21.8 Å². The highest BCUT2D eigenvalue weighted by Gasteiger charge is 2.27. The fourth-order valence-corrected chi connectivity index (χ4v) is 3.76. The van der Waals surface area contributed by atoms with Crippen LogP contribution in [0.5, 0.6) is 5.75 Å². The molecule has 0 atom stereocenters. The summed E-state index contributed by atoms with van der Waals surface area (Å²) >= 11 is 0. The van der Waals surface area contributed by atoms with Crippen LogP contribution in [0.1, 0.15) is 18.9 Å². The van der Waals surface area contributed by atoms with E-state index in [1.807, 2.05) is 24.3 Å². The smallest absolute Gasteiger partial charge is 0.304 e. The summed E-state index contributed by atoms with van der Waals surface area (Å²) < 4.78 is 45.9. The number of rotatable bonds is 11. The van der Waals surface area contributed by atoms with E-state index in [4.69, 9.17) is 4.74 Å². The number of carbonyl (C=O) groups excluding carboxylic acids is 1. The van der Waals surface area contributed by atoms with Crippen LogP contribution in [0.25, 0.3) is 0 Å². The fourth-order valence-electron chi connectivity index (χ4n) is 2.70. The number of ether oxygens (including phenoxy) is 1. The predicted molar refractivity (Wildman–Crippen MR) is 115 cm³/mol. The number of nitrogens with one attached hydrogen (secondary N) is 1. The van der Waals surface area contributed by atoms with Crippen molar-refractivity contribution in [3.8, 4) is 5.75 Å². The van der Waals surface area contributed by atoms with E-state index in [1.165, 1.54) is 31.8 Å².